The maximum Gasteiger partial charge on any atom is -0.0159 e. The second kappa shape index (κ2) is 12.5. The van der Waals surface area contributed by atoms with Crippen molar-refractivity contribution in [3.8, 4) is 0 Å². The highest BCUT2D eigenvalue weighted by Gasteiger charge is 2.17. The molecule has 1 aliphatic carbocycles. The predicted molar refractivity (Wildman–Crippen MR) is 104 cm³/mol. The largest absolute Gasteiger partial charge is 0.0813 e. The highest BCUT2D eigenvalue weighted by atomic mass is 14.2. The molecule has 22 heavy (non-hydrogen) atoms. The van der Waals surface area contributed by atoms with Crippen molar-refractivity contribution in [3.05, 3.63) is 41.0 Å². The van der Waals surface area contributed by atoms with Gasteiger partial charge in [-0.3, -0.25) is 0 Å². The van der Waals surface area contributed by atoms with Crippen LogP contribution in [0.3, 0.4) is 0 Å². The van der Waals surface area contributed by atoms with E-state index in [1.807, 2.05) is 27.7 Å². The van der Waals surface area contributed by atoms with Crippen molar-refractivity contribution in [1.29, 1.82) is 0 Å². The molecule has 0 N–H and O–H groups in total. The van der Waals surface area contributed by atoms with Crippen LogP contribution in [-0.2, 0) is 0 Å². The van der Waals surface area contributed by atoms with Gasteiger partial charge in [0.15, 0.2) is 0 Å². The molecule has 1 saturated carbocycles. The van der Waals surface area contributed by atoms with Gasteiger partial charge in [0.2, 0.25) is 0 Å². The molecule has 1 aromatic rings. The van der Waals surface area contributed by atoms with E-state index in [2.05, 4.69) is 45.0 Å². The first kappa shape index (κ1) is 21.0. The van der Waals surface area contributed by atoms with E-state index in [9.17, 15) is 0 Å². The Morgan fingerprint density at radius 1 is 1.05 bits per heavy atom. The van der Waals surface area contributed by atoms with Crippen molar-refractivity contribution in [2.24, 2.45) is 0 Å². The van der Waals surface area contributed by atoms with Crippen molar-refractivity contribution in [2.45, 2.75) is 92.9 Å². The zero-order valence-electron chi connectivity index (χ0n) is 16.1. The molecule has 1 aliphatic rings. The Balaban J connectivity index is 0.00000102. The molecule has 0 atom stereocenters. The summed E-state index contributed by atoms with van der Waals surface area (Å²) in [5.41, 5.74) is 5.90. The molecular weight excluding hydrogens is 264 g/mol. The van der Waals surface area contributed by atoms with Crippen LogP contribution in [0.1, 0.15) is 103 Å². The molecule has 1 aromatic carbocycles. The third-order valence-corrected chi connectivity index (χ3v) is 4.28. The van der Waals surface area contributed by atoms with Crippen LogP contribution in [0.25, 0.3) is 5.57 Å². The number of aryl methyl sites for hydroxylation is 1. The molecule has 2 rings (SSSR count). The number of hydrogen-bond donors (Lipinski definition) is 0. The predicted octanol–water partition coefficient (Wildman–Crippen LogP) is 7.91. The molecule has 126 valence electrons. The molecule has 0 nitrogen and oxygen atoms in total. The number of benzene rings is 1. The van der Waals surface area contributed by atoms with Crippen LogP contribution in [0.5, 0.6) is 0 Å². The van der Waals surface area contributed by atoms with Crippen molar-refractivity contribution in [1.82, 2.24) is 0 Å². The first-order chi connectivity index (χ1) is 10.7. The average molecular weight is 303 g/mol. The van der Waals surface area contributed by atoms with E-state index in [4.69, 9.17) is 0 Å². The van der Waals surface area contributed by atoms with Crippen molar-refractivity contribution in [3.63, 3.8) is 0 Å². The summed E-state index contributed by atoms with van der Waals surface area (Å²) in [5, 5.41) is 0. The van der Waals surface area contributed by atoms with E-state index in [-0.39, 0.29) is 0 Å². The molecule has 1 fully saturated rings. The van der Waals surface area contributed by atoms with E-state index in [0.29, 0.717) is 0 Å². The van der Waals surface area contributed by atoms with Crippen LogP contribution >= 0.6 is 0 Å². The normalized spacial score (nSPS) is 15.3. The topological polar surface area (TPSA) is 0 Å². The zero-order chi connectivity index (χ0) is 17.0. The van der Waals surface area contributed by atoms with Crippen molar-refractivity contribution in [2.75, 3.05) is 0 Å². The van der Waals surface area contributed by atoms with Gasteiger partial charge in [0.1, 0.15) is 0 Å². The second-order valence-corrected chi connectivity index (χ2v) is 5.70. The quantitative estimate of drug-likeness (QED) is 0.532. The van der Waals surface area contributed by atoms with Crippen LogP contribution in [0.2, 0.25) is 0 Å². The molecule has 0 amide bonds. The van der Waals surface area contributed by atoms with Gasteiger partial charge in [-0.25, -0.2) is 0 Å². The molecule has 0 aromatic heterocycles. The molecule has 0 bridgehead atoms. The highest BCUT2D eigenvalue weighted by molar-refractivity contribution is 5.64. The van der Waals surface area contributed by atoms with Crippen LogP contribution in [-0.4, -0.2) is 0 Å². The van der Waals surface area contributed by atoms with Gasteiger partial charge in [-0.2, -0.15) is 0 Å². The molecule has 0 radical (unpaired) electrons. The van der Waals surface area contributed by atoms with Gasteiger partial charge in [-0.05, 0) is 61.3 Å². The minimum absolute atomic E-state index is 0.822. The summed E-state index contributed by atoms with van der Waals surface area (Å²) >= 11 is 0. The lowest BCUT2D eigenvalue weighted by Crippen LogP contribution is -2.06. The van der Waals surface area contributed by atoms with Crippen molar-refractivity contribution < 1.29 is 0 Å². The molecule has 0 unspecified atom stereocenters. The fraction of sp³-hybridized carbons (Fsp3) is 0.636. The molecule has 0 saturated heterocycles. The summed E-state index contributed by atoms with van der Waals surface area (Å²) in [6.07, 6.45) is 10.5. The standard InChI is InChI=1S/C18H26.2C2H6/c1-4-8-14(2)17-11-12-18(15(3)13-17)16-9-6-5-7-10-16;2*1-2/h8,11-13,16H,4-7,9-10H2,1-3H3;2*1-2H3/b14-8-;;. The molecule has 0 heterocycles. The minimum atomic E-state index is 0.822. The lowest BCUT2D eigenvalue weighted by atomic mass is 9.81. The Bertz CT molecular complexity index is 420. The van der Waals surface area contributed by atoms with E-state index >= 15 is 0 Å². The third kappa shape index (κ3) is 6.38. The smallest absolute Gasteiger partial charge is 0.0159 e. The highest BCUT2D eigenvalue weighted by Crippen LogP contribution is 2.35. The van der Waals surface area contributed by atoms with Gasteiger partial charge in [-0.1, -0.05) is 78.2 Å². The Hall–Kier alpha value is -1.04. The first-order valence-corrected chi connectivity index (χ1v) is 9.50. The Labute approximate surface area is 140 Å². The van der Waals surface area contributed by atoms with Crippen molar-refractivity contribution >= 4 is 5.57 Å². The zero-order valence-corrected chi connectivity index (χ0v) is 16.1. The number of rotatable bonds is 3. The summed E-state index contributed by atoms with van der Waals surface area (Å²) in [6, 6.07) is 7.08. The monoisotopic (exact) mass is 302 g/mol. The SMILES string of the molecule is CC.CC.CC/C=C(/C)c1ccc(C2CCCCC2)c(C)c1. The third-order valence-electron chi connectivity index (χ3n) is 4.28. The van der Waals surface area contributed by atoms with Gasteiger partial charge in [-0.15, -0.1) is 0 Å². The van der Waals surface area contributed by atoms with Gasteiger partial charge >= 0.3 is 0 Å². The summed E-state index contributed by atoms with van der Waals surface area (Å²) in [7, 11) is 0. The summed E-state index contributed by atoms with van der Waals surface area (Å²) in [5.74, 6) is 0.822. The lowest BCUT2D eigenvalue weighted by molar-refractivity contribution is 0.442. The van der Waals surface area contributed by atoms with Gasteiger partial charge in [0, 0.05) is 0 Å². The minimum Gasteiger partial charge on any atom is -0.0813 e. The maximum absolute atomic E-state index is 2.38. The molecule has 0 aliphatic heterocycles. The molecule has 0 spiro atoms. The number of allylic oxidation sites excluding steroid dienone is 2. The number of hydrogen-bond acceptors (Lipinski definition) is 0. The van der Waals surface area contributed by atoms with Crippen LogP contribution in [0.4, 0.5) is 0 Å². The van der Waals surface area contributed by atoms with E-state index in [1.54, 1.807) is 5.56 Å². The average Bonchev–Trinajstić information content (AvgIpc) is 2.59. The van der Waals surface area contributed by atoms with Crippen LogP contribution in [0.15, 0.2) is 24.3 Å². The summed E-state index contributed by atoms with van der Waals surface area (Å²) in [6.45, 7) is 14.7. The Morgan fingerprint density at radius 3 is 2.14 bits per heavy atom. The van der Waals surface area contributed by atoms with Gasteiger partial charge in [0.05, 0.1) is 0 Å². The molecular formula is C22H38. The fourth-order valence-corrected chi connectivity index (χ4v) is 3.22. The van der Waals surface area contributed by atoms with E-state index in [1.165, 1.54) is 48.8 Å². The Kier molecular flexibility index (Phi) is 11.9. The lowest BCUT2D eigenvalue weighted by Gasteiger charge is -2.24. The summed E-state index contributed by atoms with van der Waals surface area (Å²) in [4.78, 5) is 0. The second-order valence-electron chi connectivity index (χ2n) is 5.70. The van der Waals surface area contributed by atoms with Gasteiger partial charge < -0.3 is 0 Å². The molecule has 0 heteroatoms. The van der Waals surface area contributed by atoms with E-state index in [0.717, 1.165) is 12.3 Å². The Morgan fingerprint density at radius 2 is 1.64 bits per heavy atom. The van der Waals surface area contributed by atoms with Crippen LogP contribution < -0.4 is 0 Å². The summed E-state index contributed by atoms with van der Waals surface area (Å²) < 4.78 is 0. The fourth-order valence-electron chi connectivity index (χ4n) is 3.22. The maximum atomic E-state index is 2.38. The van der Waals surface area contributed by atoms with Crippen LogP contribution in [0, 0.1) is 6.92 Å². The van der Waals surface area contributed by atoms with Gasteiger partial charge in [0.25, 0.3) is 0 Å². The first-order valence-electron chi connectivity index (χ1n) is 9.50. The van der Waals surface area contributed by atoms with E-state index < -0.39 is 0 Å².